The van der Waals surface area contributed by atoms with Gasteiger partial charge in [0, 0.05) is 19.6 Å². The number of β-amino-alcohol motifs (C(OH)–C–C–N with tert-alkyl or cyclic N) is 1. The Morgan fingerprint density at radius 3 is 2.56 bits per heavy atom. The molecule has 5 nitrogen and oxygen atoms in total. The van der Waals surface area contributed by atoms with Crippen molar-refractivity contribution in [1.29, 1.82) is 0 Å². The van der Waals surface area contributed by atoms with Crippen molar-refractivity contribution in [3.05, 3.63) is 0 Å². The minimum atomic E-state index is -1.39. The standard InChI is InChI=1S/C11H20N2O3/c1-11(15,10(14)16-2)7-13-5-8-3-12-4-9(8)6-13/h8-9,12,15H,3-7H2,1-2H3/t8-,9+,11?. The molecule has 0 bridgehead atoms. The number of rotatable bonds is 3. The van der Waals surface area contributed by atoms with Gasteiger partial charge in [0.05, 0.1) is 7.11 Å². The fourth-order valence-corrected chi connectivity index (χ4v) is 2.80. The van der Waals surface area contributed by atoms with Crippen molar-refractivity contribution < 1.29 is 14.6 Å². The molecular weight excluding hydrogens is 208 g/mol. The first-order valence-corrected chi connectivity index (χ1v) is 5.77. The Hall–Kier alpha value is -0.650. The Morgan fingerprint density at radius 2 is 2.06 bits per heavy atom. The molecule has 0 amide bonds. The molecule has 2 fully saturated rings. The van der Waals surface area contributed by atoms with Gasteiger partial charge >= 0.3 is 5.97 Å². The molecule has 16 heavy (non-hydrogen) atoms. The summed E-state index contributed by atoms with van der Waals surface area (Å²) in [6.45, 7) is 5.93. The van der Waals surface area contributed by atoms with Crippen LogP contribution in [0.5, 0.6) is 0 Å². The SMILES string of the molecule is COC(=O)C(C)(O)CN1C[C@H]2CNC[C@H]2C1. The van der Waals surface area contributed by atoms with Gasteiger partial charge in [-0.05, 0) is 31.8 Å². The number of methoxy groups -OCH3 is 1. The zero-order valence-electron chi connectivity index (χ0n) is 9.90. The fraction of sp³-hybridized carbons (Fsp3) is 0.909. The quantitative estimate of drug-likeness (QED) is 0.611. The van der Waals surface area contributed by atoms with Crippen LogP contribution in [-0.4, -0.2) is 61.4 Å². The lowest BCUT2D eigenvalue weighted by Gasteiger charge is -2.26. The van der Waals surface area contributed by atoms with Crippen molar-refractivity contribution in [3.8, 4) is 0 Å². The topological polar surface area (TPSA) is 61.8 Å². The number of likely N-dealkylation sites (tertiary alicyclic amines) is 1. The minimum absolute atomic E-state index is 0.368. The van der Waals surface area contributed by atoms with E-state index in [2.05, 4.69) is 15.0 Å². The van der Waals surface area contributed by atoms with Gasteiger partial charge in [-0.2, -0.15) is 0 Å². The van der Waals surface area contributed by atoms with Crippen LogP contribution in [0.4, 0.5) is 0 Å². The minimum Gasteiger partial charge on any atom is -0.467 e. The summed E-state index contributed by atoms with van der Waals surface area (Å²) in [6, 6.07) is 0. The molecule has 0 radical (unpaired) electrons. The molecule has 0 saturated carbocycles. The number of aliphatic hydroxyl groups is 1. The lowest BCUT2D eigenvalue weighted by atomic mass is 10.0. The second-order valence-corrected chi connectivity index (χ2v) is 5.14. The maximum absolute atomic E-state index is 11.4. The third-order valence-electron chi connectivity index (χ3n) is 3.62. The maximum atomic E-state index is 11.4. The molecular formula is C11H20N2O3. The van der Waals surface area contributed by atoms with E-state index < -0.39 is 11.6 Å². The largest absolute Gasteiger partial charge is 0.467 e. The second-order valence-electron chi connectivity index (χ2n) is 5.14. The van der Waals surface area contributed by atoms with E-state index in [0.29, 0.717) is 18.4 Å². The predicted octanol–water partition coefficient (Wildman–Crippen LogP) is -0.938. The Morgan fingerprint density at radius 1 is 1.50 bits per heavy atom. The predicted molar refractivity (Wildman–Crippen MR) is 58.9 cm³/mol. The molecule has 0 aromatic carbocycles. The lowest BCUT2D eigenvalue weighted by Crippen LogP contribution is -2.47. The molecule has 2 rings (SSSR count). The first-order valence-electron chi connectivity index (χ1n) is 5.77. The molecule has 92 valence electrons. The highest BCUT2D eigenvalue weighted by molar-refractivity contribution is 5.78. The molecule has 0 spiro atoms. The molecule has 5 heteroatoms. The van der Waals surface area contributed by atoms with Gasteiger partial charge < -0.3 is 15.2 Å². The van der Waals surface area contributed by atoms with Crippen molar-refractivity contribution in [2.75, 3.05) is 39.8 Å². The van der Waals surface area contributed by atoms with Gasteiger partial charge in [0.25, 0.3) is 0 Å². The van der Waals surface area contributed by atoms with Crippen LogP contribution in [0.3, 0.4) is 0 Å². The van der Waals surface area contributed by atoms with E-state index in [1.54, 1.807) is 0 Å². The van der Waals surface area contributed by atoms with Crippen LogP contribution in [-0.2, 0) is 9.53 Å². The number of ether oxygens (including phenoxy) is 1. The number of nitrogens with one attached hydrogen (secondary N) is 1. The average molecular weight is 228 g/mol. The number of hydrogen-bond acceptors (Lipinski definition) is 5. The van der Waals surface area contributed by atoms with Crippen LogP contribution in [0.1, 0.15) is 6.92 Å². The molecule has 0 aromatic heterocycles. The third kappa shape index (κ3) is 2.21. The molecule has 2 aliphatic heterocycles. The van der Waals surface area contributed by atoms with Gasteiger partial charge in [-0.3, -0.25) is 4.90 Å². The maximum Gasteiger partial charge on any atom is 0.338 e. The lowest BCUT2D eigenvalue weighted by molar-refractivity contribution is -0.162. The third-order valence-corrected chi connectivity index (χ3v) is 3.62. The van der Waals surface area contributed by atoms with Crippen LogP contribution in [0.25, 0.3) is 0 Å². The summed E-state index contributed by atoms with van der Waals surface area (Å²) in [5.74, 6) is 0.796. The Labute approximate surface area is 95.8 Å². The summed E-state index contributed by atoms with van der Waals surface area (Å²) in [5.41, 5.74) is -1.39. The highest BCUT2D eigenvalue weighted by Crippen LogP contribution is 2.27. The molecule has 2 heterocycles. The fourth-order valence-electron chi connectivity index (χ4n) is 2.80. The van der Waals surface area contributed by atoms with Gasteiger partial charge in [0.15, 0.2) is 5.60 Å². The summed E-state index contributed by atoms with van der Waals surface area (Å²) in [5, 5.41) is 13.3. The number of fused-ring (bicyclic) bond motifs is 1. The van der Waals surface area contributed by atoms with Crippen LogP contribution in [0, 0.1) is 11.8 Å². The first-order chi connectivity index (χ1) is 7.53. The van der Waals surface area contributed by atoms with Crippen LogP contribution < -0.4 is 5.32 Å². The highest BCUT2D eigenvalue weighted by Gasteiger charge is 2.41. The molecule has 2 N–H and O–H groups in total. The van der Waals surface area contributed by atoms with E-state index in [0.717, 1.165) is 26.2 Å². The summed E-state index contributed by atoms with van der Waals surface area (Å²) in [6.07, 6.45) is 0. The molecule has 1 unspecified atom stereocenters. The van der Waals surface area contributed by atoms with Crippen molar-refractivity contribution in [1.82, 2.24) is 10.2 Å². The van der Waals surface area contributed by atoms with Crippen LogP contribution in [0.15, 0.2) is 0 Å². The summed E-state index contributed by atoms with van der Waals surface area (Å²) < 4.78 is 4.59. The summed E-state index contributed by atoms with van der Waals surface area (Å²) in [4.78, 5) is 13.5. The summed E-state index contributed by atoms with van der Waals surface area (Å²) in [7, 11) is 1.30. The van der Waals surface area contributed by atoms with Gasteiger partial charge in [-0.25, -0.2) is 4.79 Å². The van der Waals surface area contributed by atoms with Crippen molar-refractivity contribution in [2.24, 2.45) is 11.8 Å². The molecule has 2 aliphatic rings. The zero-order chi connectivity index (χ0) is 11.8. The van der Waals surface area contributed by atoms with E-state index in [4.69, 9.17) is 0 Å². The number of esters is 1. The first kappa shape index (κ1) is 11.8. The van der Waals surface area contributed by atoms with E-state index in [1.807, 2.05) is 0 Å². The van der Waals surface area contributed by atoms with E-state index >= 15 is 0 Å². The number of carbonyl (C=O) groups excluding carboxylic acids is 1. The molecule has 0 aliphatic carbocycles. The Balaban J connectivity index is 1.89. The molecule has 3 atom stereocenters. The van der Waals surface area contributed by atoms with Crippen molar-refractivity contribution >= 4 is 5.97 Å². The van der Waals surface area contributed by atoms with Crippen LogP contribution >= 0.6 is 0 Å². The number of nitrogens with zero attached hydrogens (tertiary/aromatic N) is 1. The normalized spacial score (nSPS) is 33.4. The monoisotopic (exact) mass is 228 g/mol. The van der Waals surface area contributed by atoms with E-state index in [9.17, 15) is 9.90 Å². The highest BCUT2D eigenvalue weighted by atomic mass is 16.5. The van der Waals surface area contributed by atoms with Crippen LogP contribution in [0.2, 0.25) is 0 Å². The van der Waals surface area contributed by atoms with Gasteiger partial charge in [0.1, 0.15) is 0 Å². The van der Waals surface area contributed by atoms with Crippen molar-refractivity contribution in [2.45, 2.75) is 12.5 Å². The van der Waals surface area contributed by atoms with Gasteiger partial charge in [-0.15, -0.1) is 0 Å². The van der Waals surface area contributed by atoms with Gasteiger partial charge in [-0.1, -0.05) is 0 Å². The Kier molecular flexibility index (Phi) is 3.19. The number of carbonyl (C=O) groups is 1. The van der Waals surface area contributed by atoms with Crippen molar-refractivity contribution in [3.63, 3.8) is 0 Å². The zero-order valence-corrected chi connectivity index (χ0v) is 9.90. The van der Waals surface area contributed by atoms with E-state index in [1.165, 1.54) is 14.0 Å². The number of hydrogen-bond donors (Lipinski definition) is 2. The van der Waals surface area contributed by atoms with Gasteiger partial charge in [0.2, 0.25) is 0 Å². The van der Waals surface area contributed by atoms with E-state index in [-0.39, 0.29) is 0 Å². The second kappa shape index (κ2) is 4.31. The molecule has 0 aromatic rings. The summed E-state index contributed by atoms with van der Waals surface area (Å²) >= 11 is 0. The molecule has 2 saturated heterocycles. The Bertz CT molecular complexity index is 268. The smallest absolute Gasteiger partial charge is 0.338 e. The average Bonchev–Trinajstić information content (AvgIpc) is 2.75.